The van der Waals surface area contributed by atoms with Gasteiger partial charge in [-0.25, -0.2) is 0 Å². The van der Waals surface area contributed by atoms with Crippen molar-refractivity contribution < 1.29 is 9.59 Å². The Morgan fingerprint density at radius 3 is 2.40 bits per heavy atom. The van der Waals surface area contributed by atoms with Crippen LogP contribution in [-0.2, 0) is 9.59 Å². The first-order chi connectivity index (χ1) is 4.57. The van der Waals surface area contributed by atoms with Crippen LogP contribution >= 0.6 is 0 Å². The van der Waals surface area contributed by atoms with Crippen molar-refractivity contribution >= 4 is 12.2 Å². The molecule has 0 saturated carbocycles. The molecule has 10 heavy (non-hydrogen) atoms. The summed E-state index contributed by atoms with van der Waals surface area (Å²) < 4.78 is 0. The Hall–Kier alpha value is -0.900. The van der Waals surface area contributed by atoms with E-state index in [4.69, 9.17) is 5.73 Å². The zero-order valence-corrected chi connectivity index (χ0v) is 6.05. The molecule has 0 aromatic rings. The molecule has 0 bridgehead atoms. The Bertz CT molecular complexity index is 134. The second-order valence-electron chi connectivity index (χ2n) is 2.14. The Morgan fingerprint density at radius 2 is 2.10 bits per heavy atom. The molecule has 2 atom stereocenters. The predicted octanol–water partition coefficient (Wildman–Crippen LogP) is -1.05. The fourth-order valence-electron chi connectivity index (χ4n) is 0.374. The van der Waals surface area contributed by atoms with Gasteiger partial charge in [-0.3, -0.25) is 9.59 Å². The maximum atomic E-state index is 10.7. The number of amides is 1. The average molecular weight is 143 g/mol. The van der Waals surface area contributed by atoms with Gasteiger partial charge in [-0.1, -0.05) is 0 Å². The van der Waals surface area contributed by atoms with Crippen LogP contribution in [0.25, 0.3) is 0 Å². The van der Waals surface area contributed by atoms with E-state index in [9.17, 15) is 9.59 Å². The van der Waals surface area contributed by atoms with E-state index in [1.165, 1.54) is 6.92 Å². The van der Waals surface area contributed by atoms with E-state index in [-0.39, 0.29) is 5.91 Å². The summed E-state index contributed by atoms with van der Waals surface area (Å²) in [5, 5.41) is 2.34. The highest BCUT2D eigenvalue weighted by molar-refractivity contribution is 5.83. The molecule has 1 amide bonds. The first-order valence-electron chi connectivity index (χ1n) is 3.01. The minimum Gasteiger partial charge on any atom is -0.345 e. The van der Waals surface area contributed by atoms with Crippen molar-refractivity contribution in [1.29, 1.82) is 0 Å². The van der Waals surface area contributed by atoms with Crippen molar-refractivity contribution in [1.82, 2.24) is 5.32 Å². The molecule has 0 saturated heterocycles. The van der Waals surface area contributed by atoms with Crippen LogP contribution in [-0.4, -0.2) is 24.3 Å². The predicted molar refractivity (Wildman–Crippen MR) is 36.9 cm³/mol. The fraction of sp³-hybridized carbons (Fsp3) is 0.667. The number of rotatable bonds is 3. The molecule has 0 aliphatic heterocycles. The molecule has 4 heteroatoms. The lowest BCUT2D eigenvalue weighted by Crippen LogP contribution is -2.43. The Balaban J connectivity index is 3.68. The van der Waals surface area contributed by atoms with Crippen molar-refractivity contribution in [3.63, 3.8) is 0 Å². The Morgan fingerprint density at radius 1 is 1.60 bits per heavy atom. The van der Waals surface area contributed by atoms with Crippen LogP contribution in [0.4, 0.5) is 0 Å². The molecule has 0 unspecified atom stereocenters. The highest BCUT2D eigenvalue weighted by atomic mass is 16.2. The van der Waals surface area contributed by atoms with Crippen LogP contribution in [0.2, 0.25) is 0 Å². The van der Waals surface area contributed by atoms with E-state index >= 15 is 0 Å². The summed E-state index contributed by atoms with van der Waals surface area (Å²) in [6.07, 6.45) is 1.61. The smallest absolute Gasteiger partial charge is 0.237 e. The third-order valence-corrected chi connectivity index (χ3v) is 0.949. The van der Waals surface area contributed by atoms with E-state index in [1.807, 2.05) is 0 Å². The maximum absolute atomic E-state index is 10.7. The zero-order chi connectivity index (χ0) is 8.15. The Labute approximate surface area is 59.8 Å². The molecule has 4 nitrogen and oxygen atoms in total. The number of hydrogen-bond acceptors (Lipinski definition) is 3. The summed E-state index contributed by atoms with van der Waals surface area (Å²) in [5.74, 6) is -0.337. The van der Waals surface area contributed by atoms with Gasteiger partial charge in [-0.05, 0) is 13.8 Å². The molecular weight excluding hydrogens is 132 g/mol. The molecule has 0 spiro atoms. The second-order valence-corrected chi connectivity index (χ2v) is 2.14. The van der Waals surface area contributed by atoms with Crippen molar-refractivity contribution in [2.24, 2.45) is 5.73 Å². The van der Waals surface area contributed by atoms with Crippen LogP contribution in [0.3, 0.4) is 0 Å². The minimum atomic E-state index is -0.573. The Kier molecular flexibility index (Phi) is 3.64. The molecule has 3 N–H and O–H groups in total. The maximum Gasteiger partial charge on any atom is 0.237 e. The van der Waals surface area contributed by atoms with Crippen LogP contribution in [0.15, 0.2) is 0 Å². The van der Waals surface area contributed by atoms with E-state index < -0.39 is 12.1 Å². The number of hydrogen-bond donors (Lipinski definition) is 2. The standard InChI is InChI=1S/C6H11N2O2/c1-4(3-9)8-6(10)5(2)7/h4-5H,7H2,1-2H3,(H,8,10)/t4-,5-/m0/s1. The van der Waals surface area contributed by atoms with Crippen LogP contribution in [0, 0.1) is 0 Å². The first kappa shape index (κ1) is 9.10. The topological polar surface area (TPSA) is 72.2 Å². The van der Waals surface area contributed by atoms with Crippen LogP contribution < -0.4 is 11.1 Å². The summed E-state index contributed by atoms with van der Waals surface area (Å²) in [4.78, 5) is 20.6. The third kappa shape index (κ3) is 3.19. The monoisotopic (exact) mass is 143 g/mol. The third-order valence-electron chi connectivity index (χ3n) is 0.949. The molecule has 0 aromatic carbocycles. The van der Waals surface area contributed by atoms with Gasteiger partial charge >= 0.3 is 0 Å². The molecular formula is C6H11N2O2. The van der Waals surface area contributed by atoms with E-state index in [1.54, 1.807) is 13.2 Å². The van der Waals surface area contributed by atoms with Gasteiger partial charge in [0, 0.05) is 0 Å². The molecule has 0 aromatic heterocycles. The van der Waals surface area contributed by atoms with Crippen molar-refractivity contribution in [3.05, 3.63) is 0 Å². The number of carbonyl (C=O) groups excluding carboxylic acids is 2. The van der Waals surface area contributed by atoms with Gasteiger partial charge < -0.3 is 11.1 Å². The van der Waals surface area contributed by atoms with Gasteiger partial charge in [-0.2, -0.15) is 0 Å². The molecule has 57 valence electrons. The normalized spacial score (nSPS) is 15.5. The summed E-state index contributed by atoms with van der Waals surface area (Å²) in [5.41, 5.74) is 5.20. The number of nitrogens with two attached hydrogens (primary N) is 1. The van der Waals surface area contributed by atoms with Gasteiger partial charge in [-0.15, -0.1) is 0 Å². The first-order valence-corrected chi connectivity index (χ1v) is 3.01. The van der Waals surface area contributed by atoms with Crippen LogP contribution in [0.5, 0.6) is 0 Å². The van der Waals surface area contributed by atoms with Crippen molar-refractivity contribution in [3.8, 4) is 0 Å². The molecule has 0 fully saturated rings. The number of nitrogens with one attached hydrogen (secondary N) is 1. The van der Waals surface area contributed by atoms with Gasteiger partial charge in [0.15, 0.2) is 0 Å². The minimum absolute atomic E-state index is 0.337. The van der Waals surface area contributed by atoms with Gasteiger partial charge in [0.25, 0.3) is 0 Å². The highest BCUT2D eigenvalue weighted by Gasteiger charge is 2.09. The van der Waals surface area contributed by atoms with Gasteiger partial charge in [0.1, 0.15) is 0 Å². The summed E-state index contributed by atoms with van der Waals surface area (Å²) >= 11 is 0. The van der Waals surface area contributed by atoms with E-state index in [2.05, 4.69) is 5.32 Å². The van der Waals surface area contributed by atoms with E-state index in [0.717, 1.165) is 0 Å². The second kappa shape index (κ2) is 4.00. The summed E-state index contributed by atoms with van der Waals surface area (Å²) in [6, 6.07) is -1.14. The molecule has 0 rings (SSSR count). The zero-order valence-electron chi connectivity index (χ0n) is 6.05. The van der Waals surface area contributed by atoms with Gasteiger partial charge in [0.05, 0.1) is 12.1 Å². The molecule has 0 aliphatic carbocycles. The summed E-state index contributed by atoms with van der Waals surface area (Å²) in [6.45, 7) is 3.08. The fourth-order valence-corrected chi connectivity index (χ4v) is 0.374. The van der Waals surface area contributed by atoms with Crippen molar-refractivity contribution in [2.75, 3.05) is 0 Å². The quantitative estimate of drug-likeness (QED) is 0.529. The molecule has 0 aliphatic rings. The largest absolute Gasteiger partial charge is 0.345 e. The summed E-state index contributed by atoms with van der Waals surface area (Å²) in [7, 11) is 0. The number of carbonyl (C=O) groups is 1. The lowest BCUT2D eigenvalue weighted by Gasteiger charge is -2.08. The van der Waals surface area contributed by atoms with Gasteiger partial charge in [0.2, 0.25) is 12.2 Å². The SMILES string of the molecule is C[C@H](N)C(=O)N[C@@H](C)[C]=O. The average Bonchev–Trinajstić information content (AvgIpc) is 1.87. The van der Waals surface area contributed by atoms with E-state index in [0.29, 0.717) is 0 Å². The van der Waals surface area contributed by atoms with Crippen LogP contribution in [0.1, 0.15) is 13.8 Å². The lowest BCUT2D eigenvalue weighted by atomic mass is 10.3. The molecule has 1 radical (unpaired) electrons. The molecule has 0 heterocycles. The highest BCUT2D eigenvalue weighted by Crippen LogP contribution is 1.78. The lowest BCUT2D eigenvalue weighted by molar-refractivity contribution is -0.122. The van der Waals surface area contributed by atoms with Crippen molar-refractivity contribution in [2.45, 2.75) is 25.9 Å².